The summed E-state index contributed by atoms with van der Waals surface area (Å²) in [5.74, 6) is -0.386. The highest BCUT2D eigenvalue weighted by Crippen LogP contribution is 2.35. The average Bonchev–Trinajstić information content (AvgIpc) is 3.64. The highest BCUT2D eigenvalue weighted by atomic mass is 32.1. The molecular weight excluding hydrogens is 539 g/mol. The molecule has 0 spiro atoms. The van der Waals surface area contributed by atoms with Gasteiger partial charge in [-0.3, -0.25) is 14.2 Å². The van der Waals surface area contributed by atoms with Crippen molar-refractivity contribution in [2.75, 3.05) is 27.3 Å². The molecule has 1 amide bonds. The Balaban J connectivity index is 1.80. The van der Waals surface area contributed by atoms with Crippen molar-refractivity contribution < 1.29 is 18.7 Å². The highest BCUT2D eigenvalue weighted by molar-refractivity contribution is 7.21. The maximum absolute atomic E-state index is 14.4. The summed E-state index contributed by atoms with van der Waals surface area (Å²) in [6.07, 6.45) is 3.24. The van der Waals surface area contributed by atoms with Crippen LogP contribution in [0.25, 0.3) is 15.2 Å². The maximum atomic E-state index is 14.4. The number of hydrogen-bond acceptors (Lipinski definition) is 8. The van der Waals surface area contributed by atoms with Crippen molar-refractivity contribution in [1.29, 1.82) is 0 Å². The molecule has 11 nitrogen and oxygen atoms in total. The zero-order valence-electron chi connectivity index (χ0n) is 23.0. The first-order valence-electron chi connectivity index (χ1n) is 13.0. The number of benzene rings is 1. The van der Waals surface area contributed by atoms with E-state index in [0.29, 0.717) is 58.1 Å². The monoisotopic (exact) mass is 570 g/mol. The van der Waals surface area contributed by atoms with E-state index in [4.69, 9.17) is 9.47 Å². The number of amides is 1. The zero-order valence-corrected chi connectivity index (χ0v) is 23.8. The molecule has 2 atom stereocenters. The molecule has 1 aliphatic heterocycles. The minimum absolute atomic E-state index is 0.0541. The minimum atomic E-state index is -1.37. The topological polar surface area (TPSA) is 113 Å². The van der Waals surface area contributed by atoms with Gasteiger partial charge in [0, 0.05) is 31.3 Å². The van der Waals surface area contributed by atoms with Gasteiger partial charge in [-0.05, 0) is 44.9 Å². The van der Waals surface area contributed by atoms with Gasteiger partial charge in [0.05, 0.1) is 31.4 Å². The molecule has 4 aromatic rings. The number of nitrogens with zero attached hydrogens (tertiary/aromatic N) is 6. The Morgan fingerprint density at radius 1 is 1.20 bits per heavy atom. The van der Waals surface area contributed by atoms with E-state index < -0.39 is 28.7 Å². The van der Waals surface area contributed by atoms with Crippen LogP contribution in [0.3, 0.4) is 0 Å². The van der Waals surface area contributed by atoms with Crippen LogP contribution in [0.2, 0.25) is 0 Å². The van der Waals surface area contributed by atoms with E-state index >= 15 is 0 Å². The van der Waals surface area contributed by atoms with E-state index in [9.17, 15) is 18.8 Å². The van der Waals surface area contributed by atoms with Gasteiger partial charge in [0.25, 0.3) is 5.56 Å². The van der Waals surface area contributed by atoms with E-state index in [1.807, 2.05) is 6.92 Å². The molecule has 3 aromatic heterocycles. The fraction of sp³-hybridized carbons (Fsp3) is 0.444. The lowest BCUT2D eigenvalue weighted by atomic mass is 10.00. The minimum Gasteiger partial charge on any atom is -0.496 e. The van der Waals surface area contributed by atoms with Crippen LogP contribution in [0.1, 0.15) is 43.9 Å². The van der Waals surface area contributed by atoms with Gasteiger partial charge < -0.3 is 14.4 Å². The largest absolute Gasteiger partial charge is 0.496 e. The molecule has 1 aliphatic rings. The standard InChI is InChI=1S/C27H31FN6O5S/c1-6-13-39-20(18-14-17(28)7-8-19(18)38-5)15-32-24-21(16(2)23(40-24)34-29-10-11-30-34)22(35)33(26(32)37)27(3)9-12-31(4)25(27)36/h7-8,10-11,14,20H,6,9,12-13,15H2,1-5H3/t20-,27-/m0/s1. The van der Waals surface area contributed by atoms with Crippen molar-refractivity contribution >= 4 is 27.5 Å². The van der Waals surface area contributed by atoms with Crippen molar-refractivity contribution in [3.63, 3.8) is 0 Å². The predicted octanol–water partition coefficient (Wildman–Crippen LogP) is 3.01. The number of rotatable bonds is 9. The highest BCUT2D eigenvalue weighted by Gasteiger charge is 2.46. The molecule has 0 radical (unpaired) electrons. The van der Waals surface area contributed by atoms with Crippen LogP contribution in [0, 0.1) is 12.7 Å². The summed E-state index contributed by atoms with van der Waals surface area (Å²) >= 11 is 1.19. The quantitative estimate of drug-likeness (QED) is 0.304. The second kappa shape index (κ2) is 10.6. The summed E-state index contributed by atoms with van der Waals surface area (Å²) < 4.78 is 28.6. The van der Waals surface area contributed by atoms with Crippen molar-refractivity contribution in [3.05, 3.63) is 68.4 Å². The van der Waals surface area contributed by atoms with Gasteiger partial charge in [-0.25, -0.2) is 13.8 Å². The Bertz CT molecular complexity index is 1690. The number of aryl methyl sites for hydroxylation is 1. The number of halogens is 1. The van der Waals surface area contributed by atoms with Gasteiger partial charge in [0.1, 0.15) is 33.0 Å². The summed E-state index contributed by atoms with van der Waals surface area (Å²) in [4.78, 5) is 44.9. The van der Waals surface area contributed by atoms with Crippen molar-refractivity contribution in [1.82, 2.24) is 29.0 Å². The number of methoxy groups -OCH3 is 1. The number of likely N-dealkylation sites (N-methyl/N-ethyl adjacent to an activating group) is 1. The normalized spacial score (nSPS) is 18.1. The number of carbonyl (C=O) groups is 1. The van der Waals surface area contributed by atoms with E-state index in [2.05, 4.69) is 10.2 Å². The molecule has 0 N–H and O–H groups in total. The molecule has 1 saturated heterocycles. The molecule has 0 aliphatic carbocycles. The van der Waals surface area contributed by atoms with Crippen molar-refractivity contribution in [3.8, 4) is 10.8 Å². The van der Waals surface area contributed by atoms with Crippen LogP contribution in [-0.2, 0) is 21.6 Å². The van der Waals surface area contributed by atoms with Crippen LogP contribution in [0.15, 0.2) is 40.2 Å². The summed E-state index contributed by atoms with van der Waals surface area (Å²) in [5.41, 5.74) is -1.55. The van der Waals surface area contributed by atoms with Crippen LogP contribution in [-0.4, -0.2) is 62.2 Å². The first kappa shape index (κ1) is 27.7. The van der Waals surface area contributed by atoms with E-state index in [1.54, 1.807) is 20.9 Å². The number of ether oxygens (including phenoxy) is 2. The second-order valence-corrected chi connectivity index (χ2v) is 11.0. The smallest absolute Gasteiger partial charge is 0.333 e. The Kier molecular flexibility index (Phi) is 7.36. The Morgan fingerprint density at radius 2 is 1.93 bits per heavy atom. The fourth-order valence-electron chi connectivity index (χ4n) is 5.28. The molecule has 13 heteroatoms. The predicted molar refractivity (Wildman–Crippen MR) is 148 cm³/mol. The third-order valence-corrected chi connectivity index (χ3v) is 8.71. The second-order valence-electron chi connectivity index (χ2n) is 10.1. The summed E-state index contributed by atoms with van der Waals surface area (Å²) in [5, 5.41) is 9.29. The summed E-state index contributed by atoms with van der Waals surface area (Å²) in [6.45, 7) is 6.03. The van der Waals surface area contributed by atoms with E-state index in [0.717, 1.165) is 4.57 Å². The lowest BCUT2D eigenvalue weighted by molar-refractivity contribution is -0.133. The van der Waals surface area contributed by atoms with Gasteiger partial charge in [0.15, 0.2) is 0 Å². The molecule has 1 fully saturated rings. The van der Waals surface area contributed by atoms with Gasteiger partial charge in [-0.1, -0.05) is 18.3 Å². The molecule has 5 rings (SSSR count). The molecule has 212 valence electrons. The third kappa shape index (κ3) is 4.42. The van der Waals surface area contributed by atoms with E-state index in [1.165, 1.54) is 63.3 Å². The van der Waals surface area contributed by atoms with Gasteiger partial charge in [-0.15, -0.1) is 4.80 Å². The molecule has 0 unspecified atom stereocenters. The van der Waals surface area contributed by atoms with Gasteiger partial charge >= 0.3 is 5.69 Å². The van der Waals surface area contributed by atoms with Crippen LogP contribution in [0.4, 0.5) is 4.39 Å². The van der Waals surface area contributed by atoms with Crippen molar-refractivity contribution in [2.24, 2.45) is 0 Å². The van der Waals surface area contributed by atoms with Crippen LogP contribution in [0.5, 0.6) is 5.75 Å². The first-order chi connectivity index (χ1) is 19.1. The molecule has 0 bridgehead atoms. The molecule has 4 heterocycles. The fourth-order valence-corrected chi connectivity index (χ4v) is 6.50. The van der Waals surface area contributed by atoms with Gasteiger partial charge in [-0.2, -0.15) is 10.2 Å². The number of fused-ring (bicyclic) bond motifs is 1. The Hall–Kier alpha value is -3.84. The van der Waals surface area contributed by atoms with E-state index in [-0.39, 0.29) is 12.5 Å². The number of thiophene rings is 1. The molecule has 40 heavy (non-hydrogen) atoms. The molecule has 1 aromatic carbocycles. The lowest BCUT2D eigenvalue weighted by Crippen LogP contribution is -2.53. The van der Waals surface area contributed by atoms with Gasteiger partial charge in [0.2, 0.25) is 5.91 Å². The van der Waals surface area contributed by atoms with Crippen LogP contribution >= 0.6 is 11.3 Å². The number of aromatic nitrogens is 5. The summed E-state index contributed by atoms with van der Waals surface area (Å²) in [7, 11) is 3.13. The lowest BCUT2D eigenvalue weighted by Gasteiger charge is -2.27. The maximum Gasteiger partial charge on any atom is 0.333 e. The Morgan fingerprint density at radius 3 is 2.55 bits per heavy atom. The third-order valence-electron chi connectivity index (χ3n) is 7.43. The zero-order chi connectivity index (χ0) is 28.8. The number of likely N-dealkylation sites (tertiary alicyclic amines) is 1. The van der Waals surface area contributed by atoms with Crippen LogP contribution < -0.4 is 16.0 Å². The average molecular weight is 571 g/mol. The number of hydrogen-bond donors (Lipinski definition) is 0. The number of carbonyl (C=O) groups excluding carboxylic acids is 1. The molecular formula is C27H31FN6O5S. The molecule has 0 saturated carbocycles. The van der Waals surface area contributed by atoms with Crippen molar-refractivity contribution in [2.45, 2.75) is 51.8 Å². The summed E-state index contributed by atoms with van der Waals surface area (Å²) in [6, 6.07) is 4.13. The Labute approximate surface area is 233 Å². The SMILES string of the molecule is CCCO[C@@H](Cn1c(=O)n([C@@]2(C)CCN(C)C2=O)c(=O)c2c(C)c(-n3nccn3)sc21)c1cc(F)ccc1OC. The first-order valence-corrected chi connectivity index (χ1v) is 13.8.